The molecule has 1 saturated carbocycles. The summed E-state index contributed by atoms with van der Waals surface area (Å²) in [6.07, 6.45) is 11.1. The fraction of sp³-hybridized carbons (Fsp3) is 0.692. The van der Waals surface area contributed by atoms with E-state index in [9.17, 15) is 9.59 Å². The Morgan fingerprint density at radius 2 is 1.76 bits per heavy atom. The molecule has 2 saturated heterocycles. The summed E-state index contributed by atoms with van der Waals surface area (Å²) < 4.78 is 0. The molecule has 0 unspecified atom stereocenters. The van der Waals surface area contributed by atoms with Crippen molar-refractivity contribution in [3.63, 3.8) is 0 Å². The maximum absolute atomic E-state index is 12.7. The highest BCUT2D eigenvalue weighted by atomic mass is 16.2. The third-order valence-corrected chi connectivity index (χ3v) is 8.07. The van der Waals surface area contributed by atoms with Crippen molar-refractivity contribution in [2.45, 2.75) is 69.9 Å². The highest BCUT2D eigenvalue weighted by molar-refractivity contribution is 6.05. The average Bonchev–Trinajstić information content (AvgIpc) is 2.87. The van der Waals surface area contributed by atoms with E-state index in [1.54, 1.807) is 0 Å². The molecule has 0 spiro atoms. The zero-order valence-corrected chi connectivity index (χ0v) is 19.9. The number of carbonyl (C=O) groups excluding carboxylic acids is 2. The topological polar surface area (TPSA) is 67.9 Å². The predicted molar refractivity (Wildman–Crippen MR) is 132 cm³/mol. The number of hydrogen-bond acceptors (Lipinski definition) is 5. The van der Waals surface area contributed by atoms with Gasteiger partial charge in [0.15, 0.2) is 0 Å². The molecular weight excluding hydrogens is 414 g/mol. The van der Waals surface area contributed by atoms with Crippen molar-refractivity contribution in [3.8, 4) is 0 Å². The van der Waals surface area contributed by atoms with Crippen molar-refractivity contribution < 1.29 is 9.59 Å². The Kier molecular flexibility index (Phi) is 7.16. The second-order valence-electron chi connectivity index (χ2n) is 10.2. The van der Waals surface area contributed by atoms with Gasteiger partial charge in [-0.05, 0) is 63.3 Å². The normalized spacial score (nSPS) is 24.7. The van der Waals surface area contributed by atoms with Crippen LogP contribution in [0, 0.1) is 0 Å². The van der Waals surface area contributed by atoms with Crippen molar-refractivity contribution in [3.05, 3.63) is 23.8 Å². The van der Waals surface area contributed by atoms with Crippen molar-refractivity contribution in [2.24, 2.45) is 0 Å². The van der Waals surface area contributed by atoms with Gasteiger partial charge in [-0.25, -0.2) is 0 Å². The number of piperidine rings is 1. The molecule has 1 aromatic carbocycles. The zero-order valence-electron chi connectivity index (χ0n) is 19.9. The molecular formula is C26H39N5O2. The monoisotopic (exact) mass is 453 g/mol. The summed E-state index contributed by atoms with van der Waals surface area (Å²) in [6, 6.07) is 6.48. The van der Waals surface area contributed by atoms with E-state index in [1.165, 1.54) is 45.2 Å². The van der Waals surface area contributed by atoms with Gasteiger partial charge in [0.2, 0.25) is 5.91 Å². The van der Waals surface area contributed by atoms with E-state index in [-0.39, 0.29) is 17.9 Å². The maximum atomic E-state index is 12.7. The van der Waals surface area contributed by atoms with Gasteiger partial charge in [-0.1, -0.05) is 19.3 Å². The lowest BCUT2D eigenvalue weighted by Crippen LogP contribution is -2.51. The van der Waals surface area contributed by atoms with Gasteiger partial charge in [-0.15, -0.1) is 0 Å². The number of piperazine rings is 1. The van der Waals surface area contributed by atoms with Gasteiger partial charge in [0, 0.05) is 50.9 Å². The van der Waals surface area contributed by atoms with Crippen LogP contribution in [0.1, 0.15) is 68.1 Å². The minimum atomic E-state index is -0.0602. The Morgan fingerprint density at radius 1 is 0.970 bits per heavy atom. The third kappa shape index (κ3) is 5.19. The first-order valence-electron chi connectivity index (χ1n) is 13.2. The molecule has 180 valence electrons. The highest BCUT2D eigenvalue weighted by Crippen LogP contribution is 2.36. The van der Waals surface area contributed by atoms with E-state index in [2.05, 4.69) is 25.3 Å². The van der Waals surface area contributed by atoms with Crippen LogP contribution in [0.15, 0.2) is 18.2 Å². The minimum absolute atomic E-state index is 0.0587. The molecule has 0 bridgehead atoms. The zero-order chi connectivity index (χ0) is 22.6. The lowest BCUT2D eigenvalue weighted by Gasteiger charge is -2.41. The molecule has 3 fully saturated rings. The Balaban J connectivity index is 1.06. The Bertz CT molecular complexity index is 845. The summed E-state index contributed by atoms with van der Waals surface area (Å²) in [5, 5.41) is 6.09. The van der Waals surface area contributed by atoms with Gasteiger partial charge in [-0.2, -0.15) is 0 Å². The number of rotatable bonds is 6. The Labute approximate surface area is 197 Å². The van der Waals surface area contributed by atoms with Gasteiger partial charge in [0.25, 0.3) is 5.91 Å². The van der Waals surface area contributed by atoms with Crippen LogP contribution in [0.3, 0.4) is 0 Å². The van der Waals surface area contributed by atoms with Gasteiger partial charge in [-0.3, -0.25) is 14.5 Å². The third-order valence-electron chi connectivity index (χ3n) is 8.07. The number of nitrogens with zero attached hydrogens (tertiary/aromatic N) is 3. The predicted octanol–water partition coefficient (Wildman–Crippen LogP) is 3.07. The van der Waals surface area contributed by atoms with Crippen LogP contribution in [0.4, 0.5) is 11.4 Å². The van der Waals surface area contributed by atoms with Crippen LogP contribution in [0.25, 0.3) is 0 Å². The van der Waals surface area contributed by atoms with Crippen LogP contribution < -0.4 is 15.5 Å². The summed E-state index contributed by atoms with van der Waals surface area (Å²) in [6.45, 7) is 7.30. The number of amides is 2. The summed E-state index contributed by atoms with van der Waals surface area (Å²) in [5.74, 6) is -0.00160. The van der Waals surface area contributed by atoms with Gasteiger partial charge in [0.05, 0.1) is 11.4 Å². The number of benzene rings is 1. The second-order valence-corrected chi connectivity index (χ2v) is 10.2. The van der Waals surface area contributed by atoms with Gasteiger partial charge in [0.1, 0.15) is 6.04 Å². The Morgan fingerprint density at radius 3 is 2.58 bits per heavy atom. The molecule has 0 aromatic heterocycles. The molecule has 7 heteroatoms. The number of fused-ring (bicyclic) bond motifs is 3. The smallest absolute Gasteiger partial charge is 0.251 e. The molecule has 1 aromatic rings. The molecule has 5 rings (SSSR count). The SMILES string of the molecule is O=C(NCCCN1CCN(C2CCCCC2)CC1)c1ccc2c(c1)NC(=O)[C@H]1CCCCN21. The first-order chi connectivity index (χ1) is 16.2. The van der Waals surface area contributed by atoms with Crippen molar-refractivity contribution in [1.29, 1.82) is 0 Å². The van der Waals surface area contributed by atoms with Crippen molar-refractivity contribution in [2.75, 3.05) is 56.0 Å². The molecule has 7 nitrogen and oxygen atoms in total. The van der Waals surface area contributed by atoms with Gasteiger partial charge < -0.3 is 20.4 Å². The van der Waals surface area contributed by atoms with Crippen LogP contribution in [0.5, 0.6) is 0 Å². The van der Waals surface area contributed by atoms with Crippen LogP contribution in [-0.4, -0.2) is 79.5 Å². The number of carbonyl (C=O) groups is 2. The fourth-order valence-electron chi connectivity index (χ4n) is 6.14. The van der Waals surface area contributed by atoms with Crippen LogP contribution >= 0.6 is 0 Å². The van der Waals surface area contributed by atoms with Crippen LogP contribution in [-0.2, 0) is 4.79 Å². The van der Waals surface area contributed by atoms with E-state index in [0.717, 1.165) is 69.3 Å². The van der Waals surface area contributed by atoms with Crippen molar-refractivity contribution in [1.82, 2.24) is 15.1 Å². The standard InChI is InChI=1S/C26H39N5O2/c32-25(20-10-11-23-22(19-20)28-26(33)24-9-4-5-14-31(23)24)27-12-6-13-29-15-17-30(18-16-29)21-7-2-1-3-8-21/h10-11,19,21,24H,1-9,12-18H2,(H,27,32)(H,28,33)/t24-/m1/s1. The fourth-order valence-corrected chi connectivity index (χ4v) is 6.14. The van der Waals surface area contributed by atoms with E-state index in [0.29, 0.717) is 12.1 Å². The van der Waals surface area contributed by atoms with Crippen LogP contribution in [0.2, 0.25) is 0 Å². The highest BCUT2D eigenvalue weighted by Gasteiger charge is 2.34. The second kappa shape index (κ2) is 10.4. The van der Waals surface area contributed by atoms with E-state index in [1.807, 2.05) is 18.2 Å². The molecule has 3 aliphatic heterocycles. The number of hydrogen-bond donors (Lipinski definition) is 2. The largest absolute Gasteiger partial charge is 0.358 e. The number of nitrogens with one attached hydrogen (secondary N) is 2. The Hall–Kier alpha value is -2.12. The van der Waals surface area contributed by atoms with Crippen molar-refractivity contribution >= 4 is 23.2 Å². The summed E-state index contributed by atoms with van der Waals surface area (Å²) in [7, 11) is 0. The molecule has 2 N–H and O–H groups in total. The van der Waals surface area contributed by atoms with E-state index < -0.39 is 0 Å². The average molecular weight is 454 g/mol. The molecule has 4 aliphatic rings. The molecule has 0 radical (unpaired) electrons. The quantitative estimate of drug-likeness (QED) is 0.648. The summed E-state index contributed by atoms with van der Waals surface area (Å²) in [5.41, 5.74) is 2.43. The maximum Gasteiger partial charge on any atom is 0.251 e. The molecule has 1 atom stereocenters. The van der Waals surface area contributed by atoms with E-state index in [4.69, 9.17) is 0 Å². The van der Waals surface area contributed by atoms with E-state index >= 15 is 0 Å². The summed E-state index contributed by atoms with van der Waals surface area (Å²) in [4.78, 5) is 32.6. The summed E-state index contributed by atoms with van der Waals surface area (Å²) >= 11 is 0. The molecule has 2 amide bonds. The van der Waals surface area contributed by atoms with Gasteiger partial charge >= 0.3 is 0 Å². The molecule has 1 aliphatic carbocycles. The molecule has 3 heterocycles. The first kappa shape index (κ1) is 22.7. The lowest BCUT2D eigenvalue weighted by atomic mass is 9.94. The minimum Gasteiger partial charge on any atom is -0.358 e. The lowest BCUT2D eigenvalue weighted by molar-refractivity contribution is -0.118. The number of anilines is 2. The first-order valence-corrected chi connectivity index (χ1v) is 13.2. The molecule has 33 heavy (non-hydrogen) atoms.